The van der Waals surface area contributed by atoms with E-state index in [0.717, 1.165) is 17.5 Å². The molecule has 8 heteroatoms. The topological polar surface area (TPSA) is 71.3 Å². The van der Waals surface area contributed by atoms with Crippen LogP contribution >= 0.6 is 0 Å². The second-order valence-electron chi connectivity index (χ2n) is 8.68. The Morgan fingerprint density at radius 1 is 1.00 bits per heavy atom. The molecular formula is C28H24F2N4O2. The number of carbonyl (C=O) groups is 1. The van der Waals surface area contributed by atoms with Crippen molar-refractivity contribution in [3.05, 3.63) is 107 Å². The molecule has 0 bridgehead atoms. The van der Waals surface area contributed by atoms with Crippen LogP contribution in [-0.4, -0.2) is 16.2 Å². The molecule has 182 valence electrons. The molecule has 3 aromatic carbocycles. The molecule has 36 heavy (non-hydrogen) atoms. The number of carbonyl (C=O) groups excluding carboxylic acids is 1. The van der Waals surface area contributed by atoms with E-state index in [1.54, 1.807) is 38.1 Å². The third-order valence-corrected chi connectivity index (χ3v) is 6.38. The van der Waals surface area contributed by atoms with Gasteiger partial charge in [0.1, 0.15) is 11.6 Å². The van der Waals surface area contributed by atoms with Crippen molar-refractivity contribution in [1.82, 2.24) is 15.5 Å². The van der Waals surface area contributed by atoms with Gasteiger partial charge in [-0.3, -0.25) is 4.90 Å². The minimum atomic E-state index is -0.573. The van der Waals surface area contributed by atoms with Gasteiger partial charge in [0.05, 0.1) is 17.3 Å². The van der Waals surface area contributed by atoms with Crippen LogP contribution in [0.4, 0.5) is 19.3 Å². The van der Waals surface area contributed by atoms with E-state index >= 15 is 0 Å². The average Bonchev–Trinajstić information content (AvgIpc) is 3.36. The van der Waals surface area contributed by atoms with Crippen molar-refractivity contribution in [1.29, 1.82) is 0 Å². The zero-order valence-electron chi connectivity index (χ0n) is 20.0. The van der Waals surface area contributed by atoms with Gasteiger partial charge in [0.25, 0.3) is 5.89 Å². The van der Waals surface area contributed by atoms with Crippen molar-refractivity contribution in [3.63, 3.8) is 0 Å². The minimum Gasteiger partial charge on any atom is -0.334 e. The molecule has 1 atom stereocenters. The van der Waals surface area contributed by atoms with Gasteiger partial charge in [-0.25, -0.2) is 13.6 Å². The fraction of sp³-hybridized carbons (Fsp3) is 0.179. The van der Waals surface area contributed by atoms with Gasteiger partial charge in [0, 0.05) is 11.3 Å². The highest BCUT2D eigenvalue weighted by Gasteiger charge is 2.36. The SMILES string of the molecule is CCc1ccc(C2NC(=O)N(c3ccc(C)c(F)c3)C(C)=C2c2nc(-c3ccc(F)cc3)no2)cc1. The lowest BCUT2D eigenvalue weighted by Crippen LogP contribution is -2.46. The molecule has 0 spiro atoms. The lowest BCUT2D eigenvalue weighted by atomic mass is 9.93. The number of hydrogen-bond acceptors (Lipinski definition) is 4. The van der Waals surface area contributed by atoms with Gasteiger partial charge in [-0.1, -0.05) is 42.4 Å². The van der Waals surface area contributed by atoms with Crippen LogP contribution in [0.3, 0.4) is 0 Å². The maximum Gasteiger partial charge on any atom is 0.327 e. The Morgan fingerprint density at radius 2 is 1.72 bits per heavy atom. The van der Waals surface area contributed by atoms with E-state index in [2.05, 4.69) is 22.4 Å². The number of aromatic nitrogens is 2. The number of urea groups is 1. The summed E-state index contributed by atoms with van der Waals surface area (Å²) < 4.78 is 33.4. The van der Waals surface area contributed by atoms with Gasteiger partial charge in [-0.2, -0.15) is 4.98 Å². The summed E-state index contributed by atoms with van der Waals surface area (Å²) in [6, 6.07) is 17.4. The number of hydrogen-bond donors (Lipinski definition) is 1. The van der Waals surface area contributed by atoms with Crippen LogP contribution in [0.5, 0.6) is 0 Å². The summed E-state index contributed by atoms with van der Waals surface area (Å²) in [6.07, 6.45) is 0.885. The molecule has 2 heterocycles. The third kappa shape index (κ3) is 4.26. The molecule has 0 radical (unpaired) electrons. The normalized spacial score (nSPS) is 15.9. The van der Waals surface area contributed by atoms with Crippen LogP contribution in [0, 0.1) is 18.6 Å². The fourth-order valence-electron chi connectivity index (χ4n) is 4.30. The number of anilines is 1. The number of halogens is 2. The van der Waals surface area contributed by atoms with E-state index in [4.69, 9.17) is 4.52 Å². The number of nitrogens with one attached hydrogen (secondary N) is 1. The Labute approximate surface area is 207 Å². The highest BCUT2D eigenvalue weighted by molar-refractivity contribution is 6.01. The fourth-order valence-corrected chi connectivity index (χ4v) is 4.30. The number of rotatable bonds is 5. The summed E-state index contributed by atoms with van der Waals surface area (Å²) in [5, 5.41) is 7.11. The van der Waals surface area contributed by atoms with E-state index in [1.165, 1.54) is 23.1 Å². The van der Waals surface area contributed by atoms with Crippen LogP contribution in [0.15, 0.2) is 77.0 Å². The molecule has 4 aromatic rings. The summed E-state index contributed by atoms with van der Waals surface area (Å²) in [4.78, 5) is 19.3. The Balaban J connectivity index is 1.65. The smallest absolute Gasteiger partial charge is 0.327 e. The van der Waals surface area contributed by atoms with Crippen molar-refractivity contribution < 1.29 is 18.1 Å². The molecule has 2 amide bonds. The van der Waals surface area contributed by atoms with Gasteiger partial charge in [-0.05, 0) is 73.4 Å². The second-order valence-corrected chi connectivity index (χ2v) is 8.68. The molecule has 0 fully saturated rings. The molecule has 1 aliphatic rings. The lowest BCUT2D eigenvalue weighted by molar-refractivity contribution is 0.244. The molecule has 1 aromatic heterocycles. The average molecular weight is 487 g/mol. The van der Waals surface area contributed by atoms with Gasteiger partial charge in [0.15, 0.2) is 0 Å². The van der Waals surface area contributed by atoms with Crippen molar-refractivity contribution in [2.24, 2.45) is 0 Å². The standard InChI is InChI=1S/C28H24F2N4O2/c1-4-18-6-8-19(9-7-18)25-24(27-32-26(33-36-27)20-10-12-21(29)13-11-20)17(3)34(28(35)31-25)22-14-5-16(2)23(30)15-22/h5-15,25H,4H2,1-3H3,(H,31,35). The van der Waals surface area contributed by atoms with Crippen molar-refractivity contribution in [2.45, 2.75) is 33.2 Å². The predicted octanol–water partition coefficient (Wildman–Crippen LogP) is 6.59. The molecule has 1 unspecified atom stereocenters. The van der Waals surface area contributed by atoms with Gasteiger partial charge >= 0.3 is 6.03 Å². The van der Waals surface area contributed by atoms with E-state index in [1.807, 2.05) is 24.3 Å². The highest BCUT2D eigenvalue weighted by Crippen LogP contribution is 2.39. The minimum absolute atomic E-state index is 0.203. The predicted molar refractivity (Wildman–Crippen MR) is 133 cm³/mol. The van der Waals surface area contributed by atoms with Gasteiger partial charge in [-0.15, -0.1) is 0 Å². The number of allylic oxidation sites excluding steroid dienone is 1. The molecule has 5 rings (SSSR count). The zero-order valence-corrected chi connectivity index (χ0v) is 20.0. The Bertz CT molecular complexity index is 1460. The molecule has 0 saturated heterocycles. The van der Waals surface area contributed by atoms with E-state index < -0.39 is 17.9 Å². The maximum atomic E-state index is 14.4. The van der Waals surface area contributed by atoms with Crippen molar-refractivity contribution in [3.8, 4) is 11.4 Å². The molecular weight excluding hydrogens is 462 g/mol. The number of amides is 2. The summed E-state index contributed by atoms with van der Waals surface area (Å²) in [7, 11) is 0. The highest BCUT2D eigenvalue weighted by atomic mass is 19.1. The molecule has 6 nitrogen and oxygen atoms in total. The Kier molecular flexibility index (Phi) is 6.10. The van der Waals surface area contributed by atoms with Crippen LogP contribution in [0.1, 0.15) is 42.5 Å². The second kappa shape index (κ2) is 9.37. The van der Waals surface area contributed by atoms with E-state index in [-0.39, 0.29) is 17.5 Å². The third-order valence-electron chi connectivity index (χ3n) is 6.38. The van der Waals surface area contributed by atoms with E-state index in [0.29, 0.717) is 28.1 Å². The monoisotopic (exact) mass is 486 g/mol. The van der Waals surface area contributed by atoms with Crippen LogP contribution < -0.4 is 10.2 Å². The summed E-state index contributed by atoms with van der Waals surface area (Å²) in [6.45, 7) is 5.50. The molecule has 1 N–H and O–H groups in total. The quantitative estimate of drug-likeness (QED) is 0.346. The largest absolute Gasteiger partial charge is 0.334 e. The lowest BCUT2D eigenvalue weighted by Gasteiger charge is -2.35. The first-order valence-electron chi connectivity index (χ1n) is 11.6. The van der Waals surface area contributed by atoms with E-state index in [9.17, 15) is 13.6 Å². The number of nitrogens with zero attached hydrogens (tertiary/aromatic N) is 3. The first-order valence-corrected chi connectivity index (χ1v) is 11.6. The van der Waals surface area contributed by atoms with Gasteiger partial charge < -0.3 is 9.84 Å². The van der Waals surface area contributed by atoms with Crippen LogP contribution in [0.2, 0.25) is 0 Å². The molecule has 0 saturated carbocycles. The van der Waals surface area contributed by atoms with Crippen LogP contribution in [0.25, 0.3) is 17.0 Å². The molecule has 0 aliphatic carbocycles. The summed E-state index contributed by atoms with van der Waals surface area (Å²) in [5.41, 5.74) is 4.56. The number of benzene rings is 3. The van der Waals surface area contributed by atoms with Gasteiger partial charge in [0.2, 0.25) is 5.82 Å². The summed E-state index contributed by atoms with van der Waals surface area (Å²) >= 11 is 0. The zero-order chi connectivity index (χ0) is 25.4. The molecule has 1 aliphatic heterocycles. The van der Waals surface area contributed by atoms with Crippen molar-refractivity contribution >= 4 is 17.3 Å². The Hall–Kier alpha value is -4.33. The van der Waals surface area contributed by atoms with Crippen LogP contribution in [-0.2, 0) is 6.42 Å². The first-order chi connectivity index (χ1) is 17.4. The Morgan fingerprint density at radius 3 is 2.39 bits per heavy atom. The van der Waals surface area contributed by atoms with Crippen molar-refractivity contribution in [2.75, 3.05) is 4.90 Å². The first kappa shape index (κ1) is 23.4. The summed E-state index contributed by atoms with van der Waals surface area (Å²) in [5.74, 6) is -0.292. The number of aryl methyl sites for hydroxylation is 2. The maximum absolute atomic E-state index is 14.4.